The van der Waals surface area contributed by atoms with Gasteiger partial charge in [0.2, 0.25) is 0 Å². The first kappa shape index (κ1) is 21.6. The molecule has 1 saturated heterocycles. The summed E-state index contributed by atoms with van der Waals surface area (Å²) >= 11 is 0. The highest BCUT2D eigenvalue weighted by Gasteiger charge is 2.25. The molecule has 0 bridgehead atoms. The van der Waals surface area contributed by atoms with Gasteiger partial charge in [-0.2, -0.15) is 0 Å². The monoisotopic (exact) mass is 389 g/mol. The molecule has 28 heavy (non-hydrogen) atoms. The van der Waals surface area contributed by atoms with Crippen molar-refractivity contribution in [2.45, 2.75) is 20.3 Å². The normalized spacial score (nSPS) is 15.1. The van der Waals surface area contributed by atoms with Gasteiger partial charge in [-0.15, -0.1) is 0 Å². The number of morpholine rings is 1. The number of carbonyl (C=O) groups is 3. The van der Waals surface area contributed by atoms with E-state index in [4.69, 9.17) is 14.2 Å². The maximum Gasteiger partial charge on any atom is 0.334 e. The first-order chi connectivity index (χ1) is 13.4. The van der Waals surface area contributed by atoms with Gasteiger partial charge in [0.15, 0.2) is 0 Å². The van der Waals surface area contributed by atoms with E-state index in [1.54, 1.807) is 29.2 Å². The van der Waals surface area contributed by atoms with Crippen molar-refractivity contribution in [3.63, 3.8) is 0 Å². The summed E-state index contributed by atoms with van der Waals surface area (Å²) in [7, 11) is 2.56. The molecule has 0 saturated carbocycles. The van der Waals surface area contributed by atoms with Crippen molar-refractivity contribution in [2.75, 3.05) is 40.5 Å². The molecule has 7 nitrogen and oxygen atoms in total. The lowest BCUT2D eigenvalue weighted by Crippen LogP contribution is -2.40. The molecule has 1 fully saturated rings. The molecule has 1 aromatic carbocycles. The maximum atomic E-state index is 12.5. The highest BCUT2D eigenvalue weighted by molar-refractivity contribution is 6.01. The third-order valence-corrected chi connectivity index (χ3v) is 4.62. The van der Waals surface area contributed by atoms with E-state index in [0.717, 1.165) is 5.56 Å². The van der Waals surface area contributed by atoms with E-state index >= 15 is 0 Å². The lowest BCUT2D eigenvalue weighted by molar-refractivity contribution is -0.139. The standard InChI is InChI=1S/C21H27NO6/c1-14(2)18(21(25)27-4)17(20(24)26-3)13-15-5-7-16(8-6-15)19(23)22-9-11-28-12-10-22/h5-8,14H,9-13H2,1-4H3. The van der Waals surface area contributed by atoms with Gasteiger partial charge in [0.25, 0.3) is 5.91 Å². The van der Waals surface area contributed by atoms with E-state index in [0.29, 0.717) is 37.4 Å². The predicted octanol–water partition coefficient (Wildman–Crippen LogP) is 2.00. The quantitative estimate of drug-likeness (QED) is 0.547. The molecule has 1 heterocycles. The van der Waals surface area contributed by atoms with E-state index < -0.39 is 11.9 Å². The zero-order valence-corrected chi connectivity index (χ0v) is 16.8. The van der Waals surface area contributed by atoms with Crippen LogP contribution in [0, 0.1) is 5.92 Å². The number of rotatable bonds is 6. The molecule has 1 aliphatic rings. The highest BCUT2D eigenvalue weighted by atomic mass is 16.5. The first-order valence-electron chi connectivity index (χ1n) is 9.24. The Morgan fingerprint density at radius 1 is 1.00 bits per heavy atom. The van der Waals surface area contributed by atoms with Crippen molar-refractivity contribution >= 4 is 17.8 Å². The minimum absolute atomic E-state index is 0.0454. The van der Waals surface area contributed by atoms with Gasteiger partial charge >= 0.3 is 11.9 Å². The zero-order chi connectivity index (χ0) is 20.7. The number of nitrogens with zero attached hydrogens (tertiary/aromatic N) is 1. The van der Waals surface area contributed by atoms with Gasteiger partial charge in [-0.05, 0) is 23.6 Å². The van der Waals surface area contributed by atoms with Crippen LogP contribution in [-0.4, -0.2) is 63.3 Å². The summed E-state index contributed by atoms with van der Waals surface area (Å²) in [6.07, 6.45) is 0.210. The predicted molar refractivity (Wildman–Crippen MR) is 103 cm³/mol. The number of carbonyl (C=O) groups excluding carboxylic acids is 3. The number of ether oxygens (including phenoxy) is 3. The second-order valence-corrected chi connectivity index (χ2v) is 6.81. The molecule has 0 N–H and O–H groups in total. The minimum atomic E-state index is -0.567. The summed E-state index contributed by atoms with van der Waals surface area (Å²) in [6.45, 7) is 5.88. The Labute approximate surface area is 165 Å². The maximum absolute atomic E-state index is 12.5. The minimum Gasteiger partial charge on any atom is -0.466 e. The summed E-state index contributed by atoms with van der Waals surface area (Å²) in [5.74, 6) is -1.36. The Kier molecular flexibility index (Phi) is 7.75. The Balaban J connectivity index is 2.26. The number of hydrogen-bond donors (Lipinski definition) is 0. The van der Waals surface area contributed by atoms with Crippen LogP contribution in [-0.2, 0) is 30.2 Å². The Morgan fingerprint density at radius 2 is 1.57 bits per heavy atom. The Morgan fingerprint density at radius 3 is 2.07 bits per heavy atom. The van der Waals surface area contributed by atoms with Gasteiger partial charge in [-0.25, -0.2) is 9.59 Å². The first-order valence-corrected chi connectivity index (χ1v) is 9.24. The third-order valence-electron chi connectivity index (χ3n) is 4.62. The van der Waals surface area contributed by atoms with E-state index in [1.165, 1.54) is 14.2 Å². The van der Waals surface area contributed by atoms with Gasteiger partial charge in [-0.1, -0.05) is 26.0 Å². The smallest absolute Gasteiger partial charge is 0.334 e. The van der Waals surface area contributed by atoms with Gasteiger partial charge in [0.1, 0.15) is 0 Å². The molecule has 0 aliphatic carbocycles. The van der Waals surface area contributed by atoms with Crippen molar-refractivity contribution in [3.8, 4) is 0 Å². The largest absolute Gasteiger partial charge is 0.466 e. The summed E-state index contributed by atoms with van der Waals surface area (Å²) in [5.41, 5.74) is 1.92. The highest BCUT2D eigenvalue weighted by Crippen LogP contribution is 2.22. The fourth-order valence-electron chi connectivity index (χ4n) is 3.14. The van der Waals surface area contributed by atoms with Crippen molar-refractivity contribution in [2.24, 2.45) is 5.92 Å². The van der Waals surface area contributed by atoms with Crippen LogP contribution in [0.2, 0.25) is 0 Å². The van der Waals surface area contributed by atoms with Gasteiger partial charge in [-0.3, -0.25) is 4.79 Å². The molecule has 0 aromatic heterocycles. The van der Waals surface area contributed by atoms with E-state index in [-0.39, 0.29) is 23.8 Å². The van der Waals surface area contributed by atoms with E-state index in [1.807, 2.05) is 13.8 Å². The Bertz CT molecular complexity index is 745. The summed E-state index contributed by atoms with van der Waals surface area (Å²) in [6, 6.07) is 7.03. The fraction of sp³-hybridized carbons (Fsp3) is 0.476. The van der Waals surface area contributed by atoms with Crippen LogP contribution in [0.4, 0.5) is 0 Å². The van der Waals surface area contributed by atoms with Crippen LogP contribution in [0.25, 0.3) is 0 Å². The molecule has 0 atom stereocenters. The summed E-state index contributed by atoms with van der Waals surface area (Å²) in [4.78, 5) is 38.8. The van der Waals surface area contributed by atoms with Crippen LogP contribution in [0.5, 0.6) is 0 Å². The summed E-state index contributed by atoms with van der Waals surface area (Å²) in [5, 5.41) is 0. The van der Waals surface area contributed by atoms with E-state index in [9.17, 15) is 14.4 Å². The van der Waals surface area contributed by atoms with Crippen molar-refractivity contribution in [1.29, 1.82) is 0 Å². The molecular formula is C21H27NO6. The van der Waals surface area contributed by atoms with Crippen molar-refractivity contribution in [3.05, 3.63) is 46.5 Å². The number of hydrogen-bond acceptors (Lipinski definition) is 6. The zero-order valence-electron chi connectivity index (χ0n) is 16.8. The number of benzene rings is 1. The van der Waals surface area contributed by atoms with Crippen molar-refractivity contribution < 1.29 is 28.6 Å². The van der Waals surface area contributed by atoms with E-state index in [2.05, 4.69) is 0 Å². The molecule has 0 unspecified atom stereocenters. The van der Waals surface area contributed by atoms with Crippen LogP contribution in [0.15, 0.2) is 35.4 Å². The van der Waals surface area contributed by atoms with Gasteiger partial charge < -0.3 is 19.1 Å². The number of methoxy groups -OCH3 is 2. The third kappa shape index (κ3) is 5.19. The molecule has 1 aromatic rings. The average molecular weight is 389 g/mol. The van der Waals surface area contributed by atoms with Crippen LogP contribution in [0.3, 0.4) is 0 Å². The average Bonchev–Trinajstić information content (AvgIpc) is 2.72. The Hall–Kier alpha value is -2.67. The van der Waals surface area contributed by atoms with Crippen LogP contribution in [0.1, 0.15) is 29.8 Å². The molecule has 152 valence electrons. The second kappa shape index (κ2) is 10.0. The molecule has 0 spiro atoms. The molecule has 2 rings (SSSR count). The van der Waals surface area contributed by atoms with Crippen LogP contribution < -0.4 is 0 Å². The topological polar surface area (TPSA) is 82.1 Å². The molecule has 0 radical (unpaired) electrons. The lowest BCUT2D eigenvalue weighted by atomic mass is 9.92. The van der Waals surface area contributed by atoms with Crippen LogP contribution >= 0.6 is 0 Å². The number of esters is 2. The SMILES string of the molecule is COC(=O)C(Cc1ccc(C(=O)N2CCOCC2)cc1)=C(C(=O)OC)C(C)C. The van der Waals surface area contributed by atoms with Crippen molar-refractivity contribution in [1.82, 2.24) is 4.90 Å². The fourth-order valence-corrected chi connectivity index (χ4v) is 3.14. The molecule has 1 aliphatic heterocycles. The van der Waals surface area contributed by atoms with Gasteiger partial charge in [0, 0.05) is 25.1 Å². The summed E-state index contributed by atoms with van der Waals surface area (Å²) < 4.78 is 15.0. The molecule has 7 heteroatoms. The molecular weight excluding hydrogens is 362 g/mol. The number of amides is 1. The molecule has 1 amide bonds. The lowest BCUT2D eigenvalue weighted by Gasteiger charge is -2.26. The second-order valence-electron chi connectivity index (χ2n) is 6.81. The van der Waals surface area contributed by atoms with Gasteiger partial charge in [0.05, 0.1) is 38.6 Å².